The first-order valence-electron chi connectivity index (χ1n) is 12.0. The van der Waals surface area contributed by atoms with E-state index in [9.17, 15) is 18.1 Å². The van der Waals surface area contributed by atoms with Gasteiger partial charge < -0.3 is 9.66 Å². The van der Waals surface area contributed by atoms with E-state index in [0.717, 1.165) is 25.7 Å². The molecule has 0 aliphatic rings. The van der Waals surface area contributed by atoms with E-state index in [1.165, 1.54) is 77.0 Å². The molecule has 0 aromatic carbocycles. The Balaban J connectivity index is 0. The van der Waals surface area contributed by atoms with E-state index in [1.54, 1.807) is 0 Å². The van der Waals surface area contributed by atoms with Gasteiger partial charge in [-0.25, -0.2) is 8.42 Å². The molecule has 0 bridgehead atoms. The van der Waals surface area contributed by atoms with Crippen LogP contribution >= 0.6 is 0 Å². The second-order valence-corrected chi connectivity index (χ2v) is 10.2. The molecular formula is C23H47NaO4S. The summed E-state index contributed by atoms with van der Waals surface area (Å²) >= 11 is 0. The summed E-state index contributed by atoms with van der Waals surface area (Å²) in [5, 5.41) is 9.15. The minimum absolute atomic E-state index is 0. The van der Waals surface area contributed by atoms with Gasteiger partial charge in [-0.3, -0.25) is 0 Å². The standard InChI is InChI=1S/C23H48O4S.Na/c1-3-5-7-8-9-10-11-12-13-14-15-16-17-18-19-22(24)21-23(20-6-4-2)28(25,26)27;/h22-24H,3-21H2,1-2H3,(H,25,26,27);/q;+1/p-1. The van der Waals surface area contributed by atoms with Crippen molar-refractivity contribution in [1.82, 2.24) is 0 Å². The molecule has 0 saturated heterocycles. The predicted octanol–water partition coefficient (Wildman–Crippen LogP) is 3.72. The van der Waals surface area contributed by atoms with Crippen LogP contribution < -0.4 is 29.6 Å². The molecule has 0 spiro atoms. The molecular weight excluding hydrogens is 395 g/mol. The van der Waals surface area contributed by atoms with Crippen LogP contribution in [0.5, 0.6) is 0 Å². The second kappa shape index (κ2) is 22.1. The predicted molar refractivity (Wildman–Crippen MR) is 119 cm³/mol. The van der Waals surface area contributed by atoms with Crippen molar-refractivity contribution in [2.24, 2.45) is 0 Å². The van der Waals surface area contributed by atoms with E-state index in [1.807, 2.05) is 6.92 Å². The summed E-state index contributed by atoms with van der Waals surface area (Å²) in [6, 6.07) is 0. The van der Waals surface area contributed by atoms with Crippen LogP contribution in [0, 0.1) is 0 Å². The normalized spacial score (nSPS) is 13.8. The van der Waals surface area contributed by atoms with Crippen LogP contribution in [0.25, 0.3) is 0 Å². The van der Waals surface area contributed by atoms with Gasteiger partial charge in [-0.2, -0.15) is 0 Å². The maximum Gasteiger partial charge on any atom is 1.00 e. The molecule has 0 fully saturated rings. The van der Waals surface area contributed by atoms with Gasteiger partial charge in [0.05, 0.1) is 21.5 Å². The topological polar surface area (TPSA) is 77.4 Å². The van der Waals surface area contributed by atoms with Crippen LogP contribution in [-0.4, -0.2) is 29.4 Å². The largest absolute Gasteiger partial charge is 1.00 e. The van der Waals surface area contributed by atoms with E-state index in [-0.39, 0.29) is 36.0 Å². The summed E-state index contributed by atoms with van der Waals surface area (Å²) in [5.41, 5.74) is 0. The average molecular weight is 443 g/mol. The number of aliphatic hydroxyl groups is 1. The van der Waals surface area contributed by atoms with Gasteiger partial charge in [0.25, 0.3) is 0 Å². The van der Waals surface area contributed by atoms with Crippen LogP contribution in [0.4, 0.5) is 0 Å². The van der Waals surface area contributed by atoms with E-state index >= 15 is 0 Å². The third-order valence-electron chi connectivity index (χ3n) is 5.71. The maximum absolute atomic E-state index is 11.3. The van der Waals surface area contributed by atoms with Crippen LogP contribution in [-0.2, 0) is 10.1 Å². The first kappa shape index (κ1) is 32.1. The van der Waals surface area contributed by atoms with Crippen molar-refractivity contribution in [3.05, 3.63) is 0 Å². The Hall–Kier alpha value is 0.870. The molecule has 0 radical (unpaired) electrons. The number of rotatable bonds is 21. The van der Waals surface area contributed by atoms with E-state index in [2.05, 4.69) is 6.92 Å². The fourth-order valence-electron chi connectivity index (χ4n) is 3.81. The van der Waals surface area contributed by atoms with Crippen molar-refractivity contribution < 1.29 is 47.6 Å². The van der Waals surface area contributed by atoms with Crippen LogP contribution in [0.2, 0.25) is 0 Å². The third kappa shape index (κ3) is 21.9. The first-order valence-corrected chi connectivity index (χ1v) is 13.5. The Morgan fingerprint density at radius 3 is 1.41 bits per heavy atom. The third-order valence-corrected chi connectivity index (χ3v) is 6.96. The molecule has 2 unspecified atom stereocenters. The van der Waals surface area contributed by atoms with E-state index in [4.69, 9.17) is 0 Å². The molecule has 0 aliphatic carbocycles. The van der Waals surface area contributed by atoms with Crippen molar-refractivity contribution >= 4 is 10.1 Å². The zero-order chi connectivity index (χ0) is 21.1. The van der Waals surface area contributed by atoms with Gasteiger partial charge in [0.1, 0.15) is 0 Å². The maximum atomic E-state index is 11.3. The van der Waals surface area contributed by atoms with Gasteiger partial charge in [0.15, 0.2) is 0 Å². The van der Waals surface area contributed by atoms with Crippen molar-refractivity contribution in [3.63, 3.8) is 0 Å². The van der Waals surface area contributed by atoms with Gasteiger partial charge in [-0.05, 0) is 19.3 Å². The smallest absolute Gasteiger partial charge is 0.748 e. The molecule has 1 N–H and O–H groups in total. The zero-order valence-corrected chi connectivity index (χ0v) is 22.5. The Kier molecular flexibility index (Phi) is 24.4. The minimum atomic E-state index is -4.30. The van der Waals surface area contributed by atoms with Gasteiger partial charge in [0.2, 0.25) is 0 Å². The number of hydrogen-bond acceptors (Lipinski definition) is 4. The summed E-state index contributed by atoms with van der Waals surface area (Å²) in [6.07, 6.45) is 20.1. The summed E-state index contributed by atoms with van der Waals surface area (Å²) in [4.78, 5) is 0. The molecule has 4 nitrogen and oxygen atoms in total. The van der Waals surface area contributed by atoms with Crippen LogP contribution in [0.3, 0.4) is 0 Å². The molecule has 0 aromatic rings. The van der Waals surface area contributed by atoms with Crippen molar-refractivity contribution in [1.29, 1.82) is 0 Å². The number of hydrogen-bond donors (Lipinski definition) is 1. The van der Waals surface area contributed by atoms with Gasteiger partial charge in [-0.1, -0.05) is 117 Å². The molecule has 170 valence electrons. The number of aliphatic hydroxyl groups excluding tert-OH is 1. The SMILES string of the molecule is CCCCCCCCCCCCCCCCC(O)CC(CCCC)S(=O)(=O)[O-].[Na+]. The minimum Gasteiger partial charge on any atom is -0.748 e. The summed E-state index contributed by atoms with van der Waals surface area (Å²) in [7, 11) is -4.30. The Morgan fingerprint density at radius 1 is 0.655 bits per heavy atom. The molecule has 2 atom stereocenters. The van der Waals surface area contributed by atoms with Gasteiger partial charge >= 0.3 is 29.6 Å². The van der Waals surface area contributed by atoms with Crippen molar-refractivity contribution in [3.8, 4) is 0 Å². The molecule has 0 heterocycles. The van der Waals surface area contributed by atoms with Gasteiger partial charge in [0, 0.05) is 0 Å². The van der Waals surface area contributed by atoms with Gasteiger partial charge in [-0.15, -0.1) is 0 Å². The van der Waals surface area contributed by atoms with E-state index in [0.29, 0.717) is 12.8 Å². The molecule has 6 heteroatoms. The Labute approximate surface area is 204 Å². The molecule has 0 rings (SSSR count). The fourth-order valence-corrected chi connectivity index (χ4v) is 4.72. The molecule has 29 heavy (non-hydrogen) atoms. The monoisotopic (exact) mass is 442 g/mol. The molecule has 0 aliphatic heterocycles. The Bertz CT molecular complexity index is 429. The number of unbranched alkanes of at least 4 members (excludes halogenated alkanes) is 14. The van der Waals surface area contributed by atoms with Crippen molar-refractivity contribution in [2.75, 3.05) is 0 Å². The Morgan fingerprint density at radius 2 is 1.03 bits per heavy atom. The second-order valence-electron chi connectivity index (χ2n) is 8.53. The molecule has 0 saturated carbocycles. The van der Waals surface area contributed by atoms with E-state index < -0.39 is 21.5 Å². The molecule has 0 aromatic heterocycles. The van der Waals surface area contributed by atoms with Crippen molar-refractivity contribution in [2.45, 2.75) is 147 Å². The van der Waals surface area contributed by atoms with Crippen LogP contribution in [0.15, 0.2) is 0 Å². The first-order chi connectivity index (χ1) is 13.4. The quantitative estimate of drug-likeness (QED) is 0.167. The summed E-state index contributed by atoms with van der Waals surface area (Å²) in [5.74, 6) is 0. The molecule has 0 amide bonds. The summed E-state index contributed by atoms with van der Waals surface area (Å²) < 4.78 is 33.9. The summed E-state index contributed by atoms with van der Waals surface area (Å²) in [6.45, 7) is 4.23. The average Bonchev–Trinajstić information content (AvgIpc) is 2.64. The zero-order valence-electron chi connectivity index (χ0n) is 19.7. The van der Waals surface area contributed by atoms with Crippen LogP contribution in [0.1, 0.15) is 136 Å². The fraction of sp³-hybridized carbons (Fsp3) is 1.00.